The van der Waals surface area contributed by atoms with Crippen molar-refractivity contribution in [1.29, 1.82) is 0 Å². The van der Waals surface area contributed by atoms with E-state index in [1.807, 2.05) is 4.68 Å². The minimum atomic E-state index is 0.724. The highest BCUT2D eigenvalue weighted by Crippen LogP contribution is 2.18. The predicted molar refractivity (Wildman–Crippen MR) is 85.2 cm³/mol. The molecular weight excluding hydrogens is 264 g/mol. The number of nitrogens with one attached hydrogen (secondary N) is 1. The molecule has 1 fully saturated rings. The van der Waals surface area contributed by atoms with E-state index in [1.165, 1.54) is 19.3 Å². The van der Waals surface area contributed by atoms with Gasteiger partial charge in [0.2, 0.25) is 0 Å². The van der Waals surface area contributed by atoms with E-state index >= 15 is 0 Å². The average Bonchev–Trinajstić information content (AvgIpc) is 3.18. The van der Waals surface area contributed by atoms with Gasteiger partial charge in [-0.2, -0.15) is 0 Å². The number of nitrogens with zero attached hydrogens (tertiary/aromatic N) is 5. The predicted octanol–water partition coefficient (Wildman–Crippen LogP) is 0.804. The molecule has 2 rings (SSSR count). The molecule has 21 heavy (non-hydrogen) atoms. The third kappa shape index (κ3) is 6.54. The first kappa shape index (κ1) is 16.4. The number of hydrogen-bond acceptors (Lipinski definition) is 5. The van der Waals surface area contributed by atoms with Crippen LogP contribution in [0.4, 0.5) is 0 Å². The maximum atomic E-state index is 4.23. The molecule has 1 heterocycles. The van der Waals surface area contributed by atoms with Gasteiger partial charge in [-0.05, 0) is 53.0 Å². The van der Waals surface area contributed by atoms with Gasteiger partial charge in [0.05, 0.1) is 12.2 Å². The molecule has 1 aromatic rings. The summed E-state index contributed by atoms with van der Waals surface area (Å²) in [4.78, 5) is 4.72. The van der Waals surface area contributed by atoms with E-state index in [1.54, 1.807) is 0 Å². The zero-order valence-corrected chi connectivity index (χ0v) is 13.8. The minimum absolute atomic E-state index is 0.724. The second-order valence-corrected chi connectivity index (χ2v) is 6.22. The average molecular weight is 294 g/mol. The lowest BCUT2D eigenvalue weighted by Crippen LogP contribution is -2.30. The Morgan fingerprint density at radius 1 is 1.29 bits per heavy atom. The maximum absolute atomic E-state index is 4.23. The Hall–Kier alpha value is -0.980. The van der Waals surface area contributed by atoms with Crippen molar-refractivity contribution >= 4 is 0 Å². The zero-order chi connectivity index (χ0) is 15.1. The van der Waals surface area contributed by atoms with Crippen LogP contribution < -0.4 is 5.32 Å². The summed E-state index contributed by atoms with van der Waals surface area (Å²) >= 11 is 0. The fourth-order valence-corrected chi connectivity index (χ4v) is 2.35. The van der Waals surface area contributed by atoms with Crippen molar-refractivity contribution in [3.63, 3.8) is 0 Å². The second-order valence-electron chi connectivity index (χ2n) is 6.22. The molecule has 0 radical (unpaired) electrons. The van der Waals surface area contributed by atoms with E-state index in [4.69, 9.17) is 0 Å². The van der Waals surface area contributed by atoms with Gasteiger partial charge in [-0.3, -0.25) is 4.68 Å². The summed E-state index contributed by atoms with van der Waals surface area (Å²) in [6, 6.07) is 0.724. The second kappa shape index (κ2) is 8.46. The summed E-state index contributed by atoms with van der Waals surface area (Å²) in [7, 11) is 4.26. The molecule has 0 spiro atoms. The molecule has 1 saturated carbocycles. The molecule has 0 bridgehead atoms. The van der Waals surface area contributed by atoms with Crippen LogP contribution in [0.1, 0.15) is 31.9 Å². The topological polar surface area (TPSA) is 49.2 Å². The summed E-state index contributed by atoms with van der Waals surface area (Å²) in [6.45, 7) is 8.44. The monoisotopic (exact) mass is 294 g/mol. The van der Waals surface area contributed by atoms with Gasteiger partial charge >= 0.3 is 0 Å². The van der Waals surface area contributed by atoms with Crippen LogP contribution in [-0.4, -0.2) is 71.1 Å². The summed E-state index contributed by atoms with van der Waals surface area (Å²) in [5.41, 5.74) is 1.05. The Balaban J connectivity index is 1.65. The molecule has 0 amide bonds. The fourth-order valence-electron chi connectivity index (χ4n) is 2.35. The first-order valence-corrected chi connectivity index (χ1v) is 8.17. The molecule has 120 valence electrons. The Bertz CT molecular complexity index is 399. The van der Waals surface area contributed by atoms with Crippen molar-refractivity contribution in [2.45, 2.75) is 45.3 Å². The van der Waals surface area contributed by atoms with Crippen molar-refractivity contribution in [3.8, 4) is 0 Å². The summed E-state index contributed by atoms with van der Waals surface area (Å²) in [5.74, 6) is 0. The van der Waals surface area contributed by atoms with Gasteiger partial charge in [-0.15, -0.1) is 5.10 Å². The first-order valence-electron chi connectivity index (χ1n) is 8.17. The standard InChI is InChI=1S/C15H30N6/c1-4-20(9-5-8-19(2)3)10-11-21-13-15(17-18-21)12-16-14-6-7-14/h13-14,16H,4-12H2,1-3H3. The molecule has 1 aliphatic rings. The van der Waals surface area contributed by atoms with Crippen molar-refractivity contribution in [1.82, 2.24) is 30.1 Å². The van der Waals surface area contributed by atoms with Gasteiger partial charge in [-0.1, -0.05) is 12.1 Å². The van der Waals surface area contributed by atoms with Crippen LogP contribution in [0.15, 0.2) is 6.20 Å². The maximum Gasteiger partial charge on any atom is 0.0964 e. The highest BCUT2D eigenvalue weighted by Gasteiger charge is 2.20. The molecule has 0 unspecified atom stereocenters. The van der Waals surface area contributed by atoms with Gasteiger partial charge in [0, 0.05) is 25.3 Å². The minimum Gasteiger partial charge on any atom is -0.309 e. The fraction of sp³-hybridized carbons (Fsp3) is 0.867. The van der Waals surface area contributed by atoms with Crippen LogP contribution >= 0.6 is 0 Å². The Labute approximate surface area is 128 Å². The third-order valence-corrected chi connectivity index (χ3v) is 3.91. The largest absolute Gasteiger partial charge is 0.309 e. The highest BCUT2D eigenvalue weighted by atomic mass is 15.4. The Morgan fingerprint density at radius 2 is 2.10 bits per heavy atom. The highest BCUT2D eigenvalue weighted by molar-refractivity contribution is 4.94. The number of rotatable bonds is 11. The van der Waals surface area contributed by atoms with Gasteiger partial charge in [0.25, 0.3) is 0 Å². The van der Waals surface area contributed by atoms with Crippen LogP contribution in [0, 0.1) is 0 Å². The van der Waals surface area contributed by atoms with Crippen LogP contribution in [0.2, 0.25) is 0 Å². The lowest BCUT2D eigenvalue weighted by Gasteiger charge is -2.21. The van der Waals surface area contributed by atoms with Crippen molar-refractivity contribution in [2.24, 2.45) is 0 Å². The quantitative estimate of drug-likeness (QED) is 0.654. The molecule has 6 heteroatoms. The summed E-state index contributed by atoms with van der Waals surface area (Å²) in [6.07, 6.45) is 5.91. The van der Waals surface area contributed by atoms with Gasteiger partial charge in [-0.25, -0.2) is 0 Å². The summed E-state index contributed by atoms with van der Waals surface area (Å²) < 4.78 is 1.97. The van der Waals surface area contributed by atoms with Crippen LogP contribution in [0.3, 0.4) is 0 Å². The molecule has 6 nitrogen and oxygen atoms in total. The molecule has 0 saturated heterocycles. The Morgan fingerprint density at radius 3 is 2.76 bits per heavy atom. The van der Waals surface area contributed by atoms with Crippen molar-refractivity contribution < 1.29 is 0 Å². The molecule has 1 N–H and O–H groups in total. The van der Waals surface area contributed by atoms with E-state index in [2.05, 4.69) is 52.6 Å². The Kier molecular flexibility index (Phi) is 6.60. The summed E-state index contributed by atoms with van der Waals surface area (Å²) in [5, 5.41) is 11.9. The van der Waals surface area contributed by atoms with E-state index in [-0.39, 0.29) is 0 Å². The first-order chi connectivity index (χ1) is 10.2. The SMILES string of the molecule is CCN(CCCN(C)C)CCn1cc(CNC2CC2)nn1. The molecule has 0 atom stereocenters. The number of aromatic nitrogens is 3. The molecule has 1 aliphatic carbocycles. The van der Waals surface area contributed by atoms with E-state index in [0.29, 0.717) is 0 Å². The molecule has 0 aromatic carbocycles. The lowest BCUT2D eigenvalue weighted by molar-refractivity contribution is 0.253. The van der Waals surface area contributed by atoms with E-state index in [0.717, 1.165) is 51.0 Å². The van der Waals surface area contributed by atoms with E-state index in [9.17, 15) is 0 Å². The number of likely N-dealkylation sites (N-methyl/N-ethyl adjacent to an activating group) is 1. The van der Waals surface area contributed by atoms with Crippen LogP contribution in [0.25, 0.3) is 0 Å². The van der Waals surface area contributed by atoms with Crippen LogP contribution in [0.5, 0.6) is 0 Å². The molecular formula is C15H30N6. The van der Waals surface area contributed by atoms with Crippen LogP contribution in [-0.2, 0) is 13.1 Å². The molecule has 1 aromatic heterocycles. The normalized spacial score (nSPS) is 15.3. The van der Waals surface area contributed by atoms with Gasteiger partial charge in [0.1, 0.15) is 0 Å². The smallest absolute Gasteiger partial charge is 0.0964 e. The lowest BCUT2D eigenvalue weighted by atomic mass is 10.3. The third-order valence-electron chi connectivity index (χ3n) is 3.91. The van der Waals surface area contributed by atoms with Gasteiger partial charge < -0.3 is 15.1 Å². The van der Waals surface area contributed by atoms with Gasteiger partial charge in [0.15, 0.2) is 0 Å². The van der Waals surface area contributed by atoms with Crippen molar-refractivity contribution in [2.75, 3.05) is 40.3 Å². The van der Waals surface area contributed by atoms with Crippen molar-refractivity contribution in [3.05, 3.63) is 11.9 Å². The number of hydrogen-bond donors (Lipinski definition) is 1. The van der Waals surface area contributed by atoms with E-state index < -0.39 is 0 Å². The molecule has 0 aliphatic heterocycles. The zero-order valence-electron chi connectivity index (χ0n) is 13.8.